The van der Waals surface area contributed by atoms with Gasteiger partial charge in [-0.1, -0.05) is 25.8 Å². The van der Waals surface area contributed by atoms with Gasteiger partial charge in [-0.3, -0.25) is 4.79 Å². The van der Waals surface area contributed by atoms with E-state index in [-0.39, 0.29) is 6.10 Å². The fraction of sp³-hybridized carbons (Fsp3) is 0.588. The van der Waals surface area contributed by atoms with Crippen LogP contribution in [0.4, 0.5) is 0 Å². The highest BCUT2D eigenvalue weighted by Gasteiger charge is 2.24. The minimum atomic E-state index is 0.203. The molecule has 0 amide bonds. The molecule has 2 atom stereocenters. The van der Waals surface area contributed by atoms with E-state index >= 15 is 0 Å². The fourth-order valence-electron chi connectivity index (χ4n) is 2.91. The molecule has 20 heavy (non-hydrogen) atoms. The van der Waals surface area contributed by atoms with Gasteiger partial charge in [-0.25, -0.2) is 0 Å². The molecule has 0 aromatic heterocycles. The van der Waals surface area contributed by atoms with Gasteiger partial charge in [-0.2, -0.15) is 0 Å². The van der Waals surface area contributed by atoms with Gasteiger partial charge in [0.1, 0.15) is 0 Å². The van der Waals surface area contributed by atoms with E-state index in [9.17, 15) is 4.79 Å². The van der Waals surface area contributed by atoms with Crippen LogP contribution in [-0.2, 0) is 0 Å². The molecule has 0 N–H and O–H groups in total. The molecule has 3 heteroatoms. The van der Waals surface area contributed by atoms with Crippen molar-refractivity contribution < 1.29 is 14.3 Å². The van der Waals surface area contributed by atoms with Gasteiger partial charge in [0.2, 0.25) is 0 Å². The number of hydrogen-bond donors (Lipinski definition) is 0. The Labute approximate surface area is 121 Å². The van der Waals surface area contributed by atoms with Crippen LogP contribution < -0.4 is 9.47 Å². The third-order valence-electron chi connectivity index (χ3n) is 4.03. The zero-order valence-corrected chi connectivity index (χ0v) is 12.4. The summed E-state index contributed by atoms with van der Waals surface area (Å²) in [6, 6.07) is 5.48. The molecule has 1 saturated carbocycles. The molecule has 2 unspecified atom stereocenters. The zero-order chi connectivity index (χ0) is 14.4. The maximum absolute atomic E-state index is 11.2. The highest BCUT2D eigenvalue weighted by molar-refractivity contribution is 5.81. The number of rotatable bonds is 6. The van der Waals surface area contributed by atoms with E-state index in [0.717, 1.165) is 25.0 Å². The SMILES string of the molecule is CCOc1cccc(C=O)c1OC1CCCC(CC)C1. The average molecular weight is 276 g/mol. The highest BCUT2D eigenvalue weighted by Crippen LogP contribution is 2.35. The quantitative estimate of drug-likeness (QED) is 0.729. The maximum atomic E-state index is 11.2. The number of benzene rings is 1. The molecule has 110 valence electrons. The van der Waals surface area contributed by atoms with E-state index in [1.165, 1.54) is 19.3 Å². The van der Waals surface area contributed by atoms with Gasteiger partial charge in [0, 0.05) is 0 Å². The Morgan fingerprint density at radius 1 is 1.30 bits per heavy atom. The number of carbonyl (C=O) groups is 1. The van der Waals surface area contributed by atoms with Crippen molar-refractivity contribution in [1.82, 2.24) is 0 Å². The standard InChI is InChI=1S/C17H24O3/c1-3-13-7-5-9-15(11-13)20-17-14(12-18)8-6-10-16(17)19-4-2/h6,8,10,12-13,15H,3-5,7,9,11H2,1-2H3. The largest absolute Gasteiger partial charge is 0.490 e. The van der Waals surface area contributed by atoms with Crippen LogP contribution in [0.3, 0.4) is 0 Å². The van der Waals surface area contributed by atoms with E-state index < -0.39 is 0 Å². The Balaban J connectivity index is 2.16. The topological polar surface area (TPSA) is 35.5 Å². The first-order valence-corrected chi connectivity index (χ1v) is 7.66. The second kappa shape index (κ2) is 7.32. The number of para-hydroxylation sites is 1. The molecular weight excluding hydrogens is 252 g/mol. The van der Waals surface area contributed by atoms with Crippen LogP contribution in [0.1, 0.15) is 56.3 Å². The number of hydrogen-bond acceptors (Lipinski definition) is 3. The van der Waals surface area contributed by atoms with Gasteiger partial charge in [0.25, 0.3) is 0 Å². The molecule has 2 rings (SSSR count). The Bertz CT molecular complexity index is 442. The first-order valence-electron chi connectivity index (χ1n) is 7.66. The molecule has 0 spiro atoms. The van der Waals surface area contributed by atoms with E-state index in [1.54, 1.807) is 6.07 Å². The van der Waals surface area contributed by atoms with Crippen molar-refractivity contribution in [3.8, 4) is 11.5 Å². The first-order chi connectivity index (χ1) is 9.78. The molecule has 1 aromatic carbocycles. The van der Waals surface area contributed by atoms with E-state index in [1.807, 2.05) is 19.1 Å². The molecule has 1 aromatic rings. The lowest BCUT2D eigenvalue weighted by Gasteiger charge is -2.29. The van der Waals surface area contributed by atoms with Crippen LogP contribution in [0, 0.1) is 5.92 Å². The predicted molar refractivity (Wildman–Crippen MR) is 79.7 cm³/mol. The summed E-state index contributed by atoms with van der Waals surface area (Å²) in [5, 5.41) is 0. The summed E-state index contributed by atoms with van der Waals surface area (Å²) < 4.78 is 11.7. The van der Waals surface area contributed by atoms with Gasteiger partial charge in [0.15, 0.2) is 17.8 Å². The van der Waals surface area contributed by atoms with Crippen molar-refractivity contribution in [3.63, 3.8) is 0 Å². The monoisotopic (exact) mass is 276 g/mol. The lowest BCUT2D eigenvalue weighted by atomic mass is 9.85. The predicted octanol–water partition coefficient (Wildman–Crippen LogP) is 4.25. The smallest absolute Gasteiger partial charge is 0.172 e. The first kappa shape index (κ1) is 14.9. The second-order valence-corrected chi connectivity index (χ2v) is 5.41. The zero-order valence-electron chi connectivity index (χ0n) is 12.4. The third kappa shape index (κ3) is 3.53. The molecule has 3 nitrogen and oxygen atoms in total. The summed E-state index contributed by atoms with van der Waals surface area (Å²) in [4.78, 5) is 11.2. The van der Waals surface area contributed by atoms with Gasteiger partial charge < -0.3 is 9.47 Å². The number of carbonyl (C=O) groups excluding carboxylic acids is 1. The minimum absolute atomic E-state index is 0.203. The molecule has 0 heterocycles. The third-order valence-corrected chi connectivity index (χ3v) is 4.03. The summed E-state index contributed by atoms with van der Waals surface area (Å²) in [6.07, 6.45) is 6.89. The van der Waals surface area contributed by atoms with Crippen LogP contribution in [0.15, 0.2) is 18.2 Å². The molecule has 0 saturated heterocycles. The maximum Gasteiger partial charge on any atom is 0.172 e. The normalized spacial score (nSPS) is 22.3. The summed E-state index contributed by atoms with van der Waals surface area (Å²) >= 11 is 0. The minimum Gasteiger partial charge on any atom is -0.490 e. The van der Waals surface area contributed by atoms with Crippen molar-refractivity contribution in [2.45, 2.75) is 52.1 Å². The Morgan fingerprint density at radius 3 is 2.85 bits per heavy atom. The van der Waals surface area contributed by atoms with Gasteiger partial charge in [-0.05, 0) is 44.2 Å². The van der Waals surface area contributed by atoms with E-state index in [4.69, 9.17) is 9.47 Å². The number of ether oxygens (including phenoxy) is 2. The van der Waals surface area contributed by atoms with Crippen molar-refractivity contribution in [1.29, 1.82) is 0 Å². The van der Waals surface area contributed by atoms with E-state index in [0.29, 0.717) is 23.7 Å². The van der Waals surface area contributed by atoms with Crippen molar-refractivity contribution >= 4 is 6.29 Å². The van der Waals surface area contributed by atoms with Crippen LogP contribution in [0.25, 0.3) is 0 Å². The molecular formula is C17H24O3. The van der Waals surface area contributed by atoms with E-state index in [2.05, 4.69) is 6.92 Å². The van der Waals surface area contributed by atoms with Gasteiger partial charge >= 0.3 is 0 Å². The second-order valence-electron chi connectivity index (χ2n) is 5.41. The van der Waals surface area contributed by atoms with Crippen LogP contribution in [0.5, 0.6) is 11.5 Å². The lowest BCUT2D eigenvalue weighted by Crippen LogP contribution is -2.25. The molecule has 0 radical (unpaired) electrons. The van der Waals surface area contributed by atoms with Crippen molar-refractivity contribution in [2.24, 2.45) is 5.92 Å². The molecule has 0 aliphatic heterocycles. The van der Waals surface area contributed by atoms with Crippen molar-refractivity contribution in [3.05, 3.63) is 23.8 Å². The average Bonchev–Trinajstić information content (AvgIpc) is 2.49. The fourth-order valence-corrected chi connectivity index (χ4v) is 2.91. The molecule has 0 bridgehead atoms. The van der Waals surface area contributed by atoms with Crippen LogP contribution in [0.2, 0.25) is 0 Å². The Hall–Kier alpha value is -1.51. The lowest BCUT2D eigenvalue weighted by molar-refractivity contribution is 0.107. The summed E-state index contributed by atoms with van der Waals surface area (Å²) in [5.41, 5.74) is 0.578. The summed E-state index contributed by atoms with van der Waals surface area (Å²) in [6.45, 7) is 4.74. The van der Waals surface area contributed by atoms with Crippen molar-refractivity contribution in [2.75, 3.05) is 6.61 Å². The van der Waals surface area contributed by atoms with Crippen LogP contribution in [-0.4, -0.2) is 19.0 Å². The van der Waals surface area contributed by atoms with Crippen LogP contribution >= 0.6 is 0 Å². The Kier molecular flexibility index (Phi) is 5.45. The van der Waals surface area contributed by atoms with Gasteiger partial charge in [-0.15, -0.1) is 0 Å². The molecule has 1 aliphatic carbocycles. The number of aldehydes is 1. The Morgan fingerprint density at radius 2 is 2.15 bits per heavy atom. The molecule has 1 aliphatic rings. The van der Waals surface area contributed by atoms with Gasteiger partial charge in [0.05, 0.1) is 18.3 Å². The molecule has 1 fully saturated rings. The highest BCUT2D eigenvalue weighted by atomic mass is 16.5. The summed E-state index contributed by atoms with van der Waals surface area (Å²) in [5.74, 6) is 2.04. The summed E-state index contributed by atoms with van der Waals surface area (Å²) in [7, 11) is 0.